The van der Waals surface area contributed by atoms with E-state index in [1.54, 1.807) is 0 Å². The van der Waals surface area contributed by atoms with Crippen molar-refractivity contribution in [3.05, 3.63) is 0 Å². The summed E-state index contributed by atoms with van der Waals surface area (Å²) in [5, 5.41) is 12.6. The minimum Gasteiger partial charge on any atom is -0.481 e. The minimum atomic E-state index is -0.805. The molecule has 0 radical (unpaired) electrons. The lowest BCUT2D eigenvalue weighted by molar-refractivity contribution is -0.154. The van der Waals surface area contributed by atoms with Crippen LogP contribution in [0.25, 0.3) is 0 Å². The Balaban J connectivity index is 1.88. The molecule has 2 aliphatic rings. The van der Waals surface area contributed by atoms with E-state index in [0.29, 0.717) is 12.8 Å². The van der Waals surface area contributed by atoms with Crippen LogP contribution < -0.4 is 5.32 Å². The average molecular weight is 281 g/mol. The van der Waals surface area contributed by atoms with Crippen molar-refractivity contribution in [2.24, 2.45) is 11.3 Å². The molecule has 0 heterocycles. The molecule has 20 heavy (non-hydrogen) atoms. The molecule has 0 aromatic rings. The molecule has 0 aromatic heterocycles. The fraction of sp³-hybridized carbons (Fsp3) is 0.875. The Morgan fingerprint density at radius 2 is 1.90 bits per heavy atom. The van der Waals surface area contributed by atoms with E-state index < -0.39 is 11.4 Å². The maximum atomic E-state index is 12.2. The van der Waals surface area contributed by atoms with Gasteiger partial charge in [-0.25, -0.2) is 0 Å². The van der Waals surface area contributed by atoms with E-state index in [1.165, 1.54) is 12.8 Å². The van der Waals surface area contributed by atoms with Gasteiger partial charge in [-0.15, -0.1) is 0 Å². The lowest BCUT2D eigenvalue weighted by Crippen LogP contribution is -2.42. The van der Waals surface area contributed by atoms with Gasteiger partial charge in [-0.3, -0.25) is 9.59 Å². The summed E-state index contributed by atoms with van der Waals surface area (Å²) in [4.78, 5) is 23.8. The molecule has 0 saturated heterocycles. The smallest absolute Gasteiger partial charge is 0.310 e. The zero-order valence-corrected chi connectivity index (χ0v) is 12.5. The zero-order valence-electron chi connectivity index (χ0n) is 12.5. The number of carboxylic acids is 1. The SMILES string of the molecule is CCC(CC1CC1)NC(=O)CC1(C(=O)O)CCCCC1. The normalized spacial score (nSPS) is 23.1. The van der Waals surface area contributed by atoms with E-state index in [2.05, 4.69) is 12.2 Å². The first kappa shape index (κ1) is 15.3. The molecule has 2 rings (SSSR count). The predicted molar refractivity (Wildman–Crippen MR) is 77.3 cm³/mol. The van der Waals surface area contributed by atoms with Gasteiger partial charge in [-0.2, -0.15) is 0 Å². The molecular formula is C16H27NO3. The molecule has 0 bridgehead atoms. The van der Waals surface area contributed by atoms with Gasteiger partial charge in [-0.05, 0) is 31.6 Å². The average Bonchev–Trinajstić information content (AvgIpc) is 3.22. The van der Waals surface area contributed by atoms with Gasteiger partial charge in [0.15, 0.2) is 0 Å². The second-order valence-corrected chi connectivity index (χ2v) is 6.67. The molecule has 0 aromatic carbocycles. The number of rotatable bonds is 7. The molecule has 0 spiro atoms. The largest absolute Gasteiger partial charge is 0.481 e. The minimum absolute atomic E-state index is 0.0678. The van der Waals surface area contributed by atoms with Crippen LogP contribution in [0.5, 0.6) is 0 Å². The van der Waals surface area contributed by atoms with Crippen LogP contribution in [0.2, 0.25) is 0 Å². The van der Waals surface area contributed by atoms with E-state index in [1.807, 2.05) is 0 Å². The van der Waals surface area contributed by atoms with E-state index in [4.69, 9.17) is 0 Å². The van der Waals surface area contributed by atoms with Crippen molar-refractivity contribution in [2.75, 3.05) is 0 Å². The molecule has 2 saturated carbocycles. The Labute approximate surface area is 121 Å². The fourth-order valence-electron chi connectivity index (χ4n) is 3.36. The number of aliphatic carboxylic acids is 1. The van der Waals surface area contributed by atoms with Crippen molar-refractivity contribution < 1.29 is 14.7 Å². The van der Waals surface area contributed by atoms with Crippen molar-refractivity contribution >= 4 is 11.9 Å². The Kier molecular flexibility index (Phi) is 5.06. The molecule has 4 heteroatoms. The maximum absolute atomic E-state index is 12.2. The molecule has 2 N–H and O–H groups in total. The quantitative estimate of drug-likeness (QED) is 0.753. The van der Waals surface area contributed by atoms with Crippen LogP contribution in [0, 0.1) is 11.3 Å². The molecule has 114 valence electrons. The number of carbonyl (C=O) groups is 2. The highest BCUT2D eigenvalue weighted by molar-refractivity contribution is 5.85. The molecule has 1 atom stereocenters. The van der Waals surface area contributed by atoms with Crippen LogP contribution in [0.3, 0.4) is 0 Å². The highest BCUT2D eigenvalue weighted by Crippen LogP contribution is 2.40. The van der Waals surface area contributed by atoms with Gasteiger partial charge in [0.2, 0.25) is 5.91 Å². The van der Waals surface area contributed by atoms with E-state index in [9.17, 15) is 14.7 Å². The van der Waals surface area contributed by atoms with E-state index in [-0.39, 0.29) is 18.4 Å². The van der Waals surface area contributed by atoms with Gasteiger partial charge in [-0.1, -0.05) is 39.0 Å². The molecular weight excluding hydrogens is 254 g/mol. The van der Waals surface area contributed by atoms with Gasteiger partial charge in [0.05, 0.1) is 5.41 Å². The first-order chi connectivity index (χ1) is 9.55. The topological polar surface area (TPSA) is 66.4 Å². The number of nitrogens with one attached hydrogen (secondary N) is 1. The van der Waals surface area contributed by atoms with Gasteiger partial charge >= 0.3 is 5.97 Å². The zero-order chi connectivity index (χ0) is 14.6. The summed E-state index contributed by atoms with van der Waals surface area (Å²) < 4.78 is 0. The second kappa shape index (κ2) is 6.59. The van der Waals surface area contributed by atoms with Crippen LogP contribution >= 0.6 is 0 Å². The predicted octanol–water partition coefficient (Wildman–Crippen LogP) is 3.11. The van der Waals surface area contributed by atoms with Gasteiger partial charge in [0.1, 0.15) is 0 Å². The summed E-state index contributed by atoms with van der Waals surface area (Å²) in [6.07, 6.45) is 8.96. The third-order valence-electron chi connectivity index (χ3n) is 4.94. The summed E-state index contributed by atoms with van der Waals surface area (Å²) >= 11 is 0. The monoisotopic (exact) mass is 281 g/mol. The van der Waals surface area contributed by atoms with Crippen LogP contribution in [0.1, 0.15) is 71.1 Å². The number of hydrogen-bond donors (Lipinski definition) is 2. The third kappa shape index (κ3) is 3.97. The third-order valence-corrected chi connectivity index (χ3v) is 4.94. The summed E-state index contributed by atoms with van der Waals surface area (Å²) in [6, 6.07) is 0.226. The number of carboxylic acid groups (broad SMARTS) is 1. The van der Waals surface area contributed by atoms with Crippen LogP contribution in [0.15, 0.2) is 0 Å². The first-order valence-corrected chi connectivity index (χ1v) is 8.08. The summed E-state index contributed by atoms with van der Waals surface area (Å²) in [5.74, 6) is -0.0762. The second-order valence-electron chi connectivity index (χ2n) is 6.67. The van der Waals surface area contributed by atoms with Gasteiger partial charge < -0.3 is 10.4 Å². The first-order valence-electron chi connectivity index (χ1n) is 8.08. The number of hydrogen-bond acceptors (Lipinski definition) is 2. The fourth-order valence-corrected chi connectivity index (χ4v) is 3.36. The Morgan fingerprint density at radius 3 is 2.40 bits per heavy atom. The Morgan fingerprint density at radius 1 is 1.25 bits per heavy atom. The van der Waals surface area contributed by atoms with Gasteiger partial charge in [0.25, 0.3) is 0 Å². The summed E-state index contributed by atoms with van der Waals surface area (Å²) in [5.41, 5.74) is -0.805. The number of amides is 1. The van der Waals surface area contributed by atoms with Crippen LogP contribution in [-0.4, -0.2) is 23.0 Å². The number of carbonyl (C=O) groups excluding carboxylic acids is 1. The van der Waals surface area contributed by atoms with Crippen molar-refractivity contribution in [3.63, 3.8) is 0 Å². The summed E-state index contributed by atoms with van der Waals surface area (Å²) in [7, 11) is 0. The molecule has 4 nitrogen and oxygen atoms in total. The Bertz CT molecular complexity index is 357. The highest BCUT2D eigenvalue weighted by atomic mass is 16.4. The lowest BCUT2D eigenvalue weighted by Gasteiger charge is -2.33. The molecule has 1 amide bonds. The molecule has 1 unspecified atom stereocenters. The van der Waals surface area contributed by atoms with Crippen LogP contribution in [-0.2, 0) is 9.59 Å². The molecule has 2 fully saturated rings. The van der Waals surface area contributed by atoms with Crippen molar-refractivity contribution in [1.82, 2.24) is 5.32 Å². The highest BCUT2D eigenvalue weighted by Gasteiger charge is 2.41. The molecule has 0 aliphatic heterocycles. The van der Waals surface area contributed by atoms with Crippen molar-refractivity contribution in [1.29, 1.82) is 0 Å². The standard InChI is InChI=1S/C16H27NO3/c1-2-13(10-12-6-7-12)17-14(18)11-16(15(19)20)8-4-3-5-9-16/h12-13H,2-11H2,1H3,(H,17,18)(H,19,20). The van der Waals surface area contributed by atoms with Crippen molar-refractivity contribution in [2.45, 2.75) is 77.2 Å². The maximum Gasteiger partial charge on any atom is 0.310 e. The summed E-state index contributed by atoms with van der Waals surface area (Å²) in [6.45, 7) is 2.08. The van der Waals surface area contributed by atoms with E-state index >= 15 is 0 Å². The Hall–Kier alpha value is -1.06. The molecule has 2 aliphatic carbocycles. The van der Waals surface area contributed by atoms with Crippen molar-refractivity contribution in [3.8, 4) is 0 Å². The van der Waals surface area contributed by atoms with E-state index in [0.717, 1.165) is 38.0 Å². The van der Waals surface area contributed by atoms with Gasteiger partial charge in [0, 0.05) is 12.5 Å². The van der Waals surface area contributed by atoms with Crippen LogP contribution in [0.4, 0.5) is 0 Å². The lowest BCUT2D eigenvalue weighted by atomic mass is 9.71.